The number of hydrogen-bond acceptors (Lipinski definition) is 4. The van der Waals surface area contributed by atoms with E-state index in [0.29, 0.717) is 17.8 Å². The maximum absolute atomic E-state index is 14.5. The van der Waals surface area contributed by atoms with Gasteiger partial charge in [-0.1, -0.05) is 48.5 Å². The van der Waals surface area contributed by atoms with Crippen molar-refractivity contribution in [1.82, 2.24) is 9.78 Å². The zero-order valence-corrected chi connectivity index (χ0v) is 18.9. The lowest BCUT2D eigenvalue weighted by Crippen LogP contribution is -2.03. The molecule has 0 bridgehead atoms. The number of ether oxygens (including phenoxy) is 1. The Morgan fingerprint density at radius 1 is 0.969 bits per heavy atom. The van der Waals surface area contributed by atoms with E-state index in [9.17, 15) is 12.8 Å². The minimum absolute atomic E-state index is 0.169. The maximum Gasteiger partial charge on any atom is 0.175 e. The van der Waals surface area contributed by atoms with E-state index >= 15 is 0 Å². The lowest BCUT2D eigenvalue weighted by atomic mass is 9.99. The zero-order chi connectivity index (χ0) is 22.9. The van der Waals surface area contributed by atoms with Crippen molar-refractivity contribution in [2.45, 2.75) is 18.4 Å². The van der Waals surface area contributed by atoms with Gasteiger partial charge in [0.15, 0.2) is 21.4 Å². The predicted octanol–water partition coefficient (Wildman–Crippen LogP) is 5.13. The predicted molar refractivity (Wildman–Crippen MR) is 123 cm³/mol. The maximum atomic E-state index is 14.5. The number of aromatic nitrogens is 2. The summed E-state index contributed by atoms with van der Waals surface area (Å²) in [5.41, 5.74) is 4.82. The fourth-order valence-corrected chi connectivity index (χ4v) is 4.32. The largest absolute Gasteiger partial charge is 0.494 e. The molecule has 0 N–H and O–H groups in total. The van der Waals surface area contributed by atoms with Crippen molar-refractivity contribution in [3.8, 4) is 28.1 Å². The first kappa shape index (κ1) is 21.8. The Hall–Kier alpha value is -3.45. The summed E-state index contributed by atoms with van der Waals surface area (Å²) in [6, 6.07) is 21.4. The number of halogens is 1. The van der Waals surface area contributed by atoms with Crippen LogP contribution in [0.25, 0.3) is 22.4 Å². The van der Waals surface area contributed by atoms with Gasteiger partial charge in [0.25, 0.3) is 0 Å². The smallest absolute Gasteiger partial charge is 0.175 e. The van der Waals surface area contributed by atoms with Gasteiger partial charge >= 0.3 is 0 Å². The minimum Gasteiger partial charge on any atom is -0.494 e. The fourth-order valence-electron chi connectivity index (χ4n) is 3.69. The topological polar surface area (TPSA) is 61.2 Å². The van der Waals surface area contributed by atoms with Gasteiger partial charge in [0, 0.05) is 23.1 Å². The highest BCUT2D eigenvalue weighted by Crippen LogP contribution is 2.36. The minimum atomic E-state index is -3.31. The first-order chi connectivity index (χ1) is 15.3. The third kappa shape index (κ3) is 4.29. The number of rotatable bonds is 6. The quantitative estimate of drug-likeness (QED) is 0.409. The second kappa shape index (κ2) is 8.59. The van der Waals surface area contributed by atoms with Crippen molar-refractivity contribution in [2.75, 3.05) is 13.4 Å². The monoisotopic (exact) mass is 450 g/mol. The number of nitrogens with zero attached hydrogens (tertiary/aromatic N) is 2. The van der Waals surface area contributed by atoms with Crippen LogP contribution in [0.3, 0.4) is 0 Å². The summed E-state index contributed by atoms with van der Waals surface area (Å²) in [4.78, 5) is 0.235. The van der Waals surface area contributed by atoms with Crippen LogP contribution in [-0.4, -0.2) is 31.6 Å². The van der Waals surface area contributed by atoms with Gasteiger partial charge in [-0.15, -0.1) is 0 Å². The first-order valence-electron chi connectivity index (χ1n) is 10.0. The summed E-state index contributed by atoms with van der Waals surface area (Å²) in [6.07, 6.45) is 1.17. The van der Waals surface area contributed by atoms with Gasteiger partial charge in [0.05, 0.1) is 18.6 Å². The van der Waals surface area contributed by atoms with Crippen LogP contribution in [0.4, 0.5) is 4.39 Å². The van der Waals surface area contributed by atoms with E-state index in [1.165, 1.54) is 19.4 Å². The van der Waals surface area contributed by atoms with Gasteiger partial charge in [-0.25, -0.2) is 12.8 Å². The van der Waals surface area contributed by atoms with E-state index in [4.69, 9.17) is 9.84 Å². The molecule has 0 saturated heterocycles. The van der Waals surface area contributed by atoms with Crippen LogP contribution in [0.5, 0.6) is 5.75 Å². The number of hydrogen-bond donors (Lipinski definition) is 0. The fraction of sp³-hybridized carbons (Fsp3) is 0.160. The van der Waals surface area contributed by atoms with Gasteiger partial charge in [-0.2, -0.15) is 5.10 Å². The molecule has 0 amide bonds. The molecule has 0 aliphatic carbocycles. The van der Waals surface area contributed by atoms with Gasteiger partial charge in [0.2, 0.25) is 0 Å². The molecule has 0 spiro atoms. The highest BCUT2D eigenvalue weighted by Gasteiger charge is 2.20. The van der Waals surface area contributed by atoms with E-state index in [1.54, 1.807) is 36.4 Å². The van der Waals surface area contributed by atoms with Crippen LogP contribution >= 0.6 is 0 Å². The summed E-state index contributed by atoms with van der Waals surface area (Å²) in [6.45, 7) is 2.50. The van der Waals surface area contributed by atoms with Gasteiger partial charge in [-0.3, -0.25) is 4.68 Å². The van der Waals surface area contributed by atoms with E-state index in [0.717, 1.165) is 22.4 Å². The van der Waals surface area contributed by atoms with Crippen molar-refractivity contribution >= 4 is 9.84 Å². The average molecular weight is 451 g/mol. The van der Waals surface area contributed by atoms with Crippen molar-refractivity contribution in [3.05, 3.63) is 89.9 Å². The second-order valence-corrected chi connectivity index (χ2v) is 9.61. The number of benzene rings is 3. The van der Waals surface area contributed by atoms with Crippen LogP contribution in [0.15, 0.2) is 77.7 Å². The highest BCUT2D eigenvalue weighted by molar-refractivity contribution is 7.90. The van der Waals surface area contributed by atoms with Crippen molar-refractivity contribution in [2.24, 2.45) is 0 Å². The van der Waals surface area contributed by atoms with Gasteiger partial charge in [-0.05, 0) is 42.3 Å². The van der Waals surface area contributed by atoms with E-state index in [1.807, 2.05) is 41.9 Å². The lowest BCUT2D eigenvalue weighted by molar-refractivity contribution is 0.386. The SMILES string of the molecule is COc1ccc(-c2c(-c3ccc(S(C)(=O)=O)cc3)nn(Cc3ccccc3)c2C)cc1F. The summed E-state index contributed by atoms with van der Waals surface area (Å²) >= 11 is 0. The third-order valence-electron chi connectivity index (χ3n) is 5.38. The summed E-state index contributed by atoms with van der Waals surface area (Å²) in [5.74, 6) is -0.291. The zero-order valence-electron chi connectivity index (χ0n) is 18.0. The Kier molecular flexibility index (Phi) is 5.84. The molecular formula is C25H23FN2O3S. The van der Waals surface area contributed by atoms with E-state index in [2.05, 4.69) is 0 Å². The Morgan fingerprint density at radius 2 is 1.62 bits per heavy atom. The Morgan fingerprint density at radius 3 is 2.22 bits per heavy atom. The van der Waals surface area contributed by atoms with Crippen molar-refractivity contribution in [1.29, 1.82) is 0 Å². The Bertz CT molecular complexity index is 1360. The summed E-state index contributed by atoms with van der Waals surface area (Å²) in [7, 11) is -1.88. The first-order valence-corrected chi connectivity index (χ1v) is 11.9. The molecule has 0 unspecified atom stereocenters. The van der Waals surface area contributed by atoms with Gasteiger partial charge < -0.3 is 4.74 Å². The number of sulfone groups is 1. The molecule has 5 nitrogen and oxygen atoms in total. The third-order valence-corrected chi connectivity index (χ3v) is 6.51. The standard InChI is InChI=1S/C25H23FN2O3S/c1-17-24(20-11-14-23(31-2)22(26)15-20)25(19-9-12-21(13-10-19)32(3,29)30)27-28(17)16-18-7-5-4-6-8-18/h4-15H,16H2,1-3H3. The summed E-state index contributed by atoms with van der Waals surface area (Å²) in [5, 5.41) is 4.83. The van der Waals surface area contributed by atoms with Crippen molar-refractivity contribution < 1.29 is 17.5 Å². The normalized spacial score (nSPS) is 11.5. The van der Waals surface area contributed by atoms with Gasteiger partial charge in [0.1, 0.15) is 5.69 Å². The summed E-state index contributed by atoms with van der Waals surface area (Å²) < 4.78 is 45.2. The molecule has 0 radical (unpaired) electrons. The van der Waals surface area contributed by atoms with Crippen LogP contribution < -0.4 is 4.74 Å². The van der Waals surface area contributed by atoms with E-state index < -0.39 is 15.7 Å². The van der Waals surface area contributed by atoms with Crippen LogP contribution in [0.1, 0.15) is 11.3 Å². The Labute approximate surface area is 187 Å². The molecule has 0 atom stereocenters. The van der Waals surface area contributed by atoms with Crippen LogP contribution in [0.2, 0.25) is 0 Å². The molecule has 4 aromatic rings. The molecule has 7 heteroatoms. The molecule has 4 rings (SSSR count). The molecular weight excluding hydrogens is 427 g/mol. The molecule has 1 aromatic heterocycles. The number of methoxy groups -OCH3 is 1. The Balaban J connectivity index is 1.87. The molecule has 0 aliphatic heterocycles. The molecule has 0 fully saturated rings. The van der Waals surface area contributed by atoms with Crippen LogP contribution in [-0.2, 0) is 16.4 Å². The average Bonchev–Trinajstić information content (AvgIpc) is 3.10. The molecule has 1 heterocycles. The van der Waals surface area contributed by atoms with Crippen LogP contribution in [0, 0.1) is 12.7 Å². The van der Waals surface area contributed by atoms with E-state index in [-0.39, 0.29) is 10.6 Å². The van der Waals surface area contributed by atoms with Crippen molar-refractivity contribution in [3.63, 3.8) is 0 Å². The molecule has 0 saturated carbocycles. The highest BCUT2D eigenvalue weighted by atomic mass is 32.2. The molecule has 164 valence electrons. The molecule has 0 aliphatic rings. The lowest BCUT2D eigenvalue weighted by Gasteiger charge is -2.08. The molecule has 3 aromatic carbocycles. The molecule has 32 heavy (non-hydrogen) atoms. The second-order valence-electron chi connectivity index (χ2n) is 7.60.